The number of anilines is 1. The molecule has 1 aromatic carbocycles. The second kappa shape index (κ2) is 9.86. The monoisotopic (exact) mass is 427 g/mol. The van der Waals surface area contributed by atoms with Crippen LogP contribution >= 0.6 is 23.6 Å². The molecule has 1 aliphatic rings. The van der Waals surface area contributed by atoms with Gasteiger partial charge in [0.25, 0.3) is 5.91 Å². The van der Waals surface area contributed by atoms with Gasteiger partial charge in [0.05, 0.1) is 12.2 Å². The molecule has 7 heteroatoms. The van der Waals surface area contributed by atoms with Crippen molar-refractivity contribution in [3.05, 3.63) is 45.8 Å². The van der Waals surface area contributed by atoms with E-state index in [1.54, 1.807) is 35.6 Å². The van der Waals surface area contributed by atoms with Gasteiger partial charge in [0.1, 0.15) is 16.8 Å². The van der Waals surface area contributed by atoms with Gasteiger partial charge in [-0.05, 0) is 73.6 Å². The van der Waals surface area contributed by atoms with E-state index in [4.69, 9.17) is 17.0 Å². The van der Waals surface area contributed by atoms with Crippen LogP contribution in [-0.4, -0.2) is 17.6 Å². The lowest BCUT2D eigenvalue weighted by Gasteiger charge is -2.17. The standard InChI is InChI=1S/C22H25N3O2S2/c1-3-4-11-27-16-8-6-15(7-9-16)20(26)24-22(28)25-21-18(13-23)17-10-5-14(2)12-19(17)29-21/h6-9,14H,3-5,10-12H2,1-2H3,(H2,24,25,26,28)/t14-/m1/s1. The number of amides is 1. The Morgan fingerprint density at radius 1 is 1.38 bits per heavy atom. The minimum Gasteiger partial charge on any atom is -0.494 e. The summed E-state index contributed by atoms with van der Waals surface area (Å²) in [6, 6.07) is 9.29. The van der Waals surface area contributed by atoms with Crippen molar-refractivity contribution in [2.45, 2.75) is 46.0 Å². The first-order valence-corrected chi connectivity index (χ1v) is 11.1. The molecule has 1 heterocycles. The molecule has 0 aliphatic heterocycles. The van der Waals surface area contributed by atoms with Crippen LogP contribution in [0.2, 0.25) is 0 Å². The summed E-state index contributed by atoms with van der Waals surface area (Å²) in [6.45, 7) is 5.01. The van der Waals surface area contributed by atoms with Gasteiger partial charge in [0.2, 0.25) is 0 Å². The lowest BCUT2D eigenvalue weighted by atomic mass is 9.89. The Morgan fingerprint density at radius 3 is 2.83 bits per heavy atom. The van der Waals surface area contributed by atoms with Crippen molar-refractivity contribution in [1.29, 1.82) is 5.26 Å². The Morgan fingerprint density at radius 2 is 2.14 bits per heavy atom. The first kappa shape index (κ1) is 21.3. The summed E-state index contributed by atoms with van der Waals surface area (Å²) in [4.78, 5) is 13.7. The summed E-state index contributed by atoms with van der Waals surface area (Å²) in [5.41, 5.74) is 2.28. The molecule has 1 amide bonds. The van der Waals surface area contributed by atoms with Crippen LogP contribution in [0.4, 0.5) is 5.00 Å². The van der Waals surface area contributed by atoms with Crippen LogP contribution in [0.3, 0.4) is 0 Å². The van der Waals surface area contributed by atoms with E-state index in [-0.39, 0.29) is 11.0 Å². The molecule has 0 unspecified atom stereocenters. The van der Waals surface area contributed by atoms with E-state index in [0.717, 1.165) is 48.4 Å². The van der Waals surface area contributed by atoms with E-state index >= 15 is 0 Å². The molecule has 2 N–H and O–H groups in total. The summed E-state index contributed by atoms with van der Waals surface area (Å²) in [6.07, 6.45) is 5.07. The second-order valence-electron chi connectivity index (χ2n) is 7.30. The van der Waals surface area contributed by atoms with Crippen molar-refractivity contribution < 1.29 is 9.53 Å². The third-order valence-corrected chi connectivity index (χ3v) is 6.33. The predicted octanol–water partition coefficient (Wildman–Crippen LogP) is 5.05. The van der Waals surface area contributed by atoms with Crippen molar-refractivity contribution in [3.8, 4) is 11.8 Å². The minimum absolute atomic E-state index is 0.196. The fourth-order valence-corrected chi connectivity index (χ4v) is 4.93. The third kappa shape index (κ3) is 5.34. The molecule has 0 bridgehead atoms. The number of hydrogen-bond donors (Lipinski definition) is 2. The van der Waals surface area contributed by atoms with Crippen molar-refractivity contribution in [2.75, 3.05) is 11.9 Å². The van der Waals surface area contributed by atoms with Gasteiger partial charge in [0, 0.05) is 10.4 Å². The van der Waals surface area contributed by atoms with E-state index in [0.29, 0.717) is 23.7 Å². The highest BCUT2D eigenvalue weighted by atomic mass is 32.1. The molecule has 1 atom stereocenters. The number of ether oxygens (including phenoxy) is 1. The number of nitriles is 1. The zero-order valence-electron chi connectivity index (χ0n) is 16.7. The maximum Gasteiger partial charge on any atom is 0.257 e. The highest BCUT2D eigenvalue weighted by Gasteiger charge is 2.24. The quantitative estimate of drug-likeness (QED) is 0.498. The summed E-state index contributed by atoms with van der Waals surface area (Å²) < 4.78 is 5.62. The molecule has 2 aromatic rings. The van der Waals surface area contributed by atoms with Gasteiger partial charge in [-0.15, -0.1) is 11.3 Å². The van der Waals surface area contributed by atoms with Gasteiger partial charge < -0.3 is 10.1 Å². The average Bonchev–Trinajstić information content (AvgIpc) is 3.04. The number of carbonyl (C=O) groups excluding carboxylic acids is 1. The van der Waals surface area contributed by atoms with Gasteiger partial charge in [-0.25, -0.2) is 0 Å². The van der Waals surface area contributed by atoms with Crippen LogP contribution in [0.25, 0.3) is 0 Å². The lowest BCUT2D eigenvalue weighted by molar-refractivity contribution is 0.0977. The van der Waals surface area contributed by atoms with Crippen LogP contribution < -0.4 is 15.4 Å². The molecule has 3 rings (SSSR count). The lowest BCUT2D eigenvalue weighted by Crippen LogP contribution is -2.34. The zero-order chi connectivity index (χ0) is 20.8. The van der Waals surface area contributed by atoms with Crippen LogP contribution in [0.1, 0.15) is 59.5 Å². The van der Waals surface area contributed by atoms with Gasteiger partial charge in [-0.1, -0.05) is 20.3 Å². The van der Waals surface area contributed by atoms with Crippen LogP contribution in [0, 0.1) is 17.2 Å². The van der Waals surface area contributed by atoms with Gasteiger partial charge in [-0.3, -0.25) is 10.1 Å². The summed E-state index contributed by atoms with van der Waals surface area (Å²) in [7, 11) is 0. The zero-order valence-corrected chi connectivity index (χ0v) is 18.3. The molecule has 0 saturated heterocycles. The summed E-state index contributed by atoms with van der Waals surface area (Å²) in [5, 5.41) is 16.2. The van der Waals surface area contributed by atoms with Gasteiger partial charge >= 0.3 is 0 Å². The normalized spacial score (nSPS) is 15.1. The van der Waals surface area contributed by atoms with Crippen molar-refractivity contribution in [3.63, 3.8) is 0 Å². The maximum absolute atomic E-state index is 12.5. The van der Waals surface area contributed by atoms with E-state index < -0.39 is 0 Å². The number of carbonyl (C=O) groups is 1. The smallest absolute Gasteiger partial charge is 0.257 e. The predicted molar refractivity (Wildman–Crippen MR) is 121 cm³/mol. The SMILES string of the molecule is CCCCOc1ccc(C(=O)NC(=S)Nc2sc3c(c2C#N)CC[C@@H](C)C3)cc1. The molecule has 1 aromatic heterocycles. The molecule has 5 nitrogen and oxygen atoms in total. The fraction of sp³-hybridized carbons (Fsp3) is 0.409. The van der Waals surface area contributed by atoms with E-state index in [1.807, 2.05) is 0 Å². The fourth-order valence-electron chi connectivity index (χ4n) is 3.30. The number of rotatable bonds is 6. The number of benzene rings is 1. The molecule has 0 radical (unpaired) electrons. The van der Waals surface area contributed by atoms with E-state index in [2.05, 4.69) is 30.6 Å². The van der Waals surface area contributed by atoms with Crippen molar-refractivity contribution in [2.24, 2.45) is 5.92 Å². The van der Waals surface area contributed by atoms with Crippen molar-refractivity contribution >= 4 is 39.6 Å². The van der Waals surface area contributed by atoms with Crippen molar-refractivity contribution in [1.82, 2.24) is 5.32 Å². The first-order chi connectivity index (χ1) is 14.0. The van der Waals surface area contributed by atoms with Crippen LogP contribution in [-0.2, 0) is 12.8 Å². The molecule has 0 fully saturated rings. The Bertz CT molecular complexity index is 929. The largest absolute Gasteiger partial charge is 0.494 e. The molecule has 1 aliphatic carbocycles. The van der Waals surface area contributed by atoms with E-state index in [9.17, 15) is 10.1 Å². The van der Waals surface area contributed by atoms with Gasteiger partial charge in [-0.2, -0.15) is 5.26 Å². The molecule has 29 heavy (non-hydrogen) atoms. The number of hydrogen-bond acceptors (Lipinski definition) is 5. The Hall–Kier alpha value is -2.43. The summed E-state index contributed by atoms with van der Waals surface area (Å²) in [5.74, 6) is 1.07. The number of nitrogens with zero attached hydrogens (tertiary/aromatic N) is 1. The minimum atomic E-state index is -0.295. The topological polar surface area (TPSA) is 74.2 Å². The highest BCUT2D eigenvalue weighted by Crippen LogP contribution is 2.39. The first-order valence-electron chi connectivity index (χ1n) is 9.91. The summed E-state index contributed by atoms with van der Waals surface area (Å²) >= 11 is 6.87. The van der Waals surface area contributed by atoms with Crippen LogP contribution in [0.15, 0.2) is 24.3 Å². The molecule has 0 spiro atoms. The Kier molecular flexibility index (Phi) is 7.24. The maximum atomic E-state index is 12.5. The Balaban J connectivity index is 1.61. The molecular formula is C22H25N3O2S2. The number of fused-ring (bicyclic) bond motifs is 1. The average molecular weight is 428 g/mol. The number of unbranched alkanes of at least 4 members (excludes halogenated alkanes) is 1. The number of nitrogens with one attached hydrogen (secondary N) is 2. The Labute approximate surface area is 181 Å². The number of thiocarbonyl (C=S) groups is 1. The van der Waals surface area contributed by atoms with E-state index in [1.165, 1.54) is 4.88 Å². The highest BCUT2D eigenvalue weighted by molar-refractivity contribution is 7.80. The second-order valence-corrected chi connectivity index (χ2v) is 8.82. The number of thiophene rings is 1. The molecule has 0 saturated carbocycles. The third-order valence-electron chi connectivity index (χ3n) is 4.96. The van der Waals surface area contributed by atoms with Gasteiger partial charge in [0.15, 0.2) is 5.11 Å². The molecular weight excluding hydrogens is 402 g/mol. The molecule has 152 valence electrons. The van der Waals surface area contributed by atoms with Crippen LogP contribution in [0.5, 0.6) is 5.75 Å².